The molecule has 1 N–H and O–H groups in total. The Kier molecular flexibility index (Phi) is 11.4. The van der Waals surface area contributed by atoms with Gasteiger partial charge >= 0.3 is 6.18 Å². The molecule has 56 heavy (non-hydrogen) atoms. The van der Waals surface area contributed by atoms with Crippen LogP contribution in [0.2, 0.25) is 0 Å². The first-order valence-electron chi connectivity index (χ1n) is 19.3. The lowest BCUT2D eigenvalue weighted by Gasteiger charge is -2.42. The maximum atomic E-state index is 17.7. The van der Waals surface area contributed by atoms with Crippen molar-refractivity contribution in [3.05, 3.63) is 111 Å². The van der Waals surface area contributed by atoms with E-state index in [-0.39, 0.29) is 61.4 Å². The van der Waals surface area contributed by atoms with E-state index in [2.05, 4.69) is 23.8 Å². The van der Waals surface area contributed by atoms with Crippen LogP contribution in [0.25, 0.3) is 0 Å². The molecule has 2 fully saturated rings. The Hall–Kier alpha value is -4.23. The van der Waals surface area contributed by atoms with E-state index in [9.17, 15) is 27.1 Å². The predicted octanol–water partition coefficient (Wildman–Crippen LogP) is 10.4. The molecule has 13 heteroatoms. The number of hydrogen-bond donors (Lipinski definition) is 1. The van der Waals surface area contributed by atoms with Gasteiger partial charge < -0.3 is 19.5 Å². The minimum Gasteiger partial charge on any atom is -0.497 e. The Morgan fingerprint density at radius 2 is 1.52 bits per heavy atom. The van der Waals surface area contributed by atoms with Crippen molar-refractivity contribution in [3.8, 4) is 5.75 Å². The van der Waals surface area contributed by atoms with E-state index >= 15 is 4.39 Å². The average Bonchev–Trinajstić information content (AvgIpc) is 3.18. The fraction of sp³-hybridized carbons (Fsp3) is 0.512. The fourth-order valence-corrected chi connectivity index (χ4v) is 8.69. The van der Waals surface area contributed by atoms with E-state index in [4.69, 9.17) is 14.5 Å². The van der Waals surface area contributed by atoms with Crippen LogP contribution in [0.1, 0.15) is 133 Å². The maximum Gasteiger partial charge on any atom is 0.416 e. The van der Waals surface area contributed by atoms with Crippen LogP contribution in [0.4, 0.5) is 32.3 Å². The molecule has 2 aliphatic carbocycles. The van der Waals surface area contributed by atoms with Gasteiger partial charge in [-0.3, -0.25) is 4.98 Å². The zero-order chi connectivity index (χ0) is 39.8. The van der Waals surface area contributed by atoms with Crippen molar-refractivity contribution >= 4 is 5.95 Å². The first-order chi connectivity index (χ1) is 26.6. The summed E-state index contributed by atoms with van der Waals surface area (Å²) in [6, 6.07) is 11.6. The van der Waals surface area contributed by atoms with Crippen molar-refractivity contribution in [2.45, 2.75) is 115 Å². The van der Waals surface area contributed by atoms with E-state index in [0.717, 1.165) is 29.0 Å². The number of methoxy groups -OCH3 is 1. The van der Waals surface area contributed by atoms with E-state index in [1.54, 1.807) is 19.5 Å². The normalized spacial score (nSPS) is 20.8. The van der Waals surface area contributed by atoms with Gasteiger partial charge in [-0.2, -0.15) is 13.2 Å². The largest absolute Gasteiger partial charge is 0.497 e. The van der Waals surface area contributed by atoms with Crippen molar-refractivity contribution < 1.29 is 40.9 Å². The summed E-state index contributed by atoms with van der Waals surface area (Å²) in [5.41, 5.74) is 3.32. The van der Waals surface area contributed by atoms with Gasteiger partial charge in [0.05, 0.1) is 37.7 Å². The number of halogens is 6. The molecule has 2 atom stereocenters. The molecule has 7 nitrogen and oxygen atoms in total. The predicted molar refractivity (Wildman–Crippen MR) is 200 cm³/mol. The zero-order valence-corrected chi connectivity index (χ0v) is 31.9. The number of rotatable bonds is 10. The number of aromatic nitrogens is 3. The zero-order valence-electron chi connectivity index (χ0n) is 31.9. The SMILES string of the molecule is COc1ccc(CO[C@H]2CC(C)(C)Cc3nc(C4CCN(c5ncc(CO)cn5)CC4)c(C(F)c4ccc(C(F)(F)F)cc4)c(C4CCC(F)(F)CC4)c32)cc1. The summed E-state index contributed by atoms with van der Waals surface area (Å²) in [4.78, 5) is 16.2. The fourth-order valence-electron chi connectivity index (χ4n) is 8.69. The lowest BCUT2D eigenvalue weighted by atomic mass is 9.68. The number of fused-ring (bicyclic) bond motifs is 1. The highest BCUT2D eigenvalue weighted by molar-refractivity contribution is 5.51. The van der Waals surface area contributed by atoms with Crippen molar-refractivity contribution in [1.29, 1.82) is 0 Å². The van der Waals surface area contributed by atoms with E-state index in [1.165, 1.54) is 12.1 Å². The van der Waals surface area contributed by atoms with Crippen LogP contribution in [0.15, 0.2) is 60.9 Å². The quantitative estimate of drug-likeness (QED) is 0.161. The van der Waals surface area contributed by atoms with Crippen LogP contribution in [0, 0.1) is 5.41 Å². The van der Waals surface area contributed by atoms with Crippen molar-refractivity contribution in [2.24, 2.45) is 5.41 Å². The van der Waals surface area contributed by atoms with Gasteiger partial charge in [-0.25, -0.2) is 23.1 Å². The number of benzene rings is 2. The van der Waals surface area contributed by atoms with E-state index in [1.807, 2.05) is 29.2 Å². The third-order valence-corrected chi connectivity index (χ3v) is 11.7. The minimum absolute atomic E-state index is 0.0463. The first-order valence-corrected chi connectivity index (χ1v) is 19.3. The second-order valence-electron chi connectivity index (χ2n) is 16.3. The molecule has 300 valence electrons. The highest BCUT2D eigenvalue weighted by atomic mass is 19.4. The highest BCUT2D eigenvalue weighted by Crippen LogP contribution is 2.53. The van der Waals surface area contributed by atoms with E-state index < -0.39 is 35.9 Å². The molecule has 2 aromatic heterocycles. The van der Waals surface area contributed by atoms with Gasteiger partial charge in [-0.05, 0) is 90.8 Å². The third-order valence-electron chi connectivity index (χ3n) is 11.7. The van der Waals surface area contributed by atoms with E-state index in [0.29, 0.717) is 67.3 Å². The number of ether oxygens (including phenoxy) is 2. The van der Waals surface area contributed by atoms with Crippen LogP contribution in [0.5, 0.6) is 5.75 Å². The van der Waals surface area contributed by atoms with Crippen LogP contribution in [-0.2, 0) is 30.5 Å². The monoisotopic (exact) mass is 782 g/mol. The van der Waals surface area contributed by atoms with Crippen molar-refractivity contribution in [3.63, 3.8) is 0 Å². The molecule has 0 spiro atoms. The molecule has 2 aromatic carbocycles. The summed E-state index contributed by atoms with van der Waals surface area (Å²) in [5, 5.41) is 9.45. The molecule has 3 heterocycles. The number of aliphatic hydroxyl groups is 1. The van der Waals surface area contributed by atoms with Gasteiger partial charge in [0.15, 0.2) is 6.17 Å². The molecule has 0 amide bonds. The van der Waals surface area contributed by atoms with Crippen LogP contribution in [0.3, 0.4) is 0 Å². The minimum atomic E-state index is -4.60. The van der Waals surface area contributed by atoms with Crippen molar-refractivity contribution in [2.75, 3.05) is 25.1 Å². The number of pyridine rings is 1. The number of aliphatic hydroxyl groups excluding tert-OH is 1. The van der Waals surface area contributed by atoms with Gasteiger partial charge in [0, 0.05) is 66.6 Å². The molecule has 3 aliphatic rings. The van der Waals surface area contributed by atoms with Gasteiger partial charge in [0.25, 0.3) is 0 Å². The lowest BCUT2D eigenvalue weighted by molar-refractivity contribution is -0.137. The number of alkyl halides is 6. The summed E-state index contributed by atoms with van der Waals surface area (Å²) in [6.45, 7) is 5.39. The second kappa shape index (κ2) is 16.0. The summed E-state index contributed by atoms with van der Waals surface area (Å²) < 4.78 is 100. The number of piperidine rings is 1. The maximum absolute atomic E-state index is 17.7. The Morgan fingerprint density at radius 1 is 0.875 bits per heavy atom. The molecule has 0 radical (unpaired) electrons. The molecule has 0 bridgehead atoms. The molecule has 4 aromatic rings. The Labute approximate surface area is 323 Å². The van der Waals surface area contributed by atoms with Gasteiger partial charge in [-0.1, -0.05) is 38.1 Å². The van der Waals surface area contributed by atoms with Crippen LogP contribution < -0.4 is 9.64 Å². The summed E-state index contributed by atoms with van der Waals surface area (Å²) in [6.07, 6.45) is -2.03. The lowest BCUT2D eigenvalue weighted by Crippen LogP contribution is -2.36. The number of anilines is 1. The van der Waals surface area contributed by atoms with Crippen LogP contribution >= 0.6 is 0 Å². The summed E-state index contributed by atoms with van der Waals surface area (Å²) in [5.74, 6) is -2.30. The number of hydrogen-bond acceptors (Lipinski definition) is 7. The first kappa shape index (κ1) is 40.0. The molecule has 1 unspecified atom stereocenters. The summed E-state index contributed by atoms with van der Waals surface area (Å²) in [7, 11) is 1.59. The molecular weight excluding hydrogens is 734 g/mol. The average molecular weight is 783 g/mol. The smallest absolute Gasteiger partial charge is 0.416 e. The molecule has 1 saturated heterocycles. The van der Waals surface area contributed by atoms with Gasteiger partial charge in [-0.15, -0.1) is 0 Å². The Morgan fingerprint density at radius 3 is 2.11 bits per heavy atom. The van der Waals surface area contributed by atoms with Crippen LogP contribution in [-0.4, -0.2) is 46.2 Å². The van der Waals surface area contributed by atoms with Gasteiger partial charge in [0.2, 0.25) is 11.9 Å². The third kappa shape index (κ3) is 8.68. The molecule has 7 rings (SSSR count). The number of nitrogens with zero attached hydrogens (tertiary/aromatic N) is 4. The topological polar surface area (TPSA) is 80.6 Å². The molecule has 1 saturated carbocycles. The summed E-state index contributed by atoms with van der Waals surface area (Å²) >= 11 is 0. The second-order valence-corrected chi connectivity index (χ2v) is 16.3. The molecule has 1 aliphatic heterocycles. The molecular formula is C43H48F6N4O3. The van der Waals surface area contributed by atoms with Crippen molar-refractivity contribution in [1.82, 2.24) is 15.0 Å². The Bertz CT molecular complexity index is 1950. The Balaban J connectivity index is 1.35. The highest BCUT2D eigenvalue weighted by Gasteiger charge is 2.44. The van der Waals surface area contributed by atoms with Gasteiger partial charge in [0.1, 0.15) is 5.75 Å². The standard InChI is InChI=1S/C43H48F6N4O3/c1-41(2)20-33-36(34(21-41)56-25-26-4-10-32(55-3)11-5-26)35(28-12-16-42(45,46)17-13-28)37(38(44)29-6-8-31(9-7-29)43(47,48)49)39(52-33)30-14-18-53(19-15-30)40-50-22-27(24-54)23-51-40/h4-11,22-23,28,30,34,38,54H,12-21,24-25H2,1-3H3/t34-,38?/m0/s1.